The van der Waals surface area contributed by atoms with E-state index < -0.39 is 5.97 Å². The fourth-order valence-electron chi connectivity index (χ4n) is 1.34. The highest BCUT2D eigenvalue weighted by molar-refractivity contribution is 6.32. The molecule has 0 atom stereocenters. The average molecular weight is 241 g/mol. The van der Waals surface area contributed by atoms with Crippen molar-refractivity contribution in [2.24, 2.45) is 0 Å². The van der Waals surface area contributed by atoms with Gasteiger partial charge in [0.2, 0.25) is 6.79 Å². The third-order valence-corrected chi connectivity index (χ3v) is 2.53. The standard InChI is InChI=1S/C11H9ClO4/c1-6(11(13)14)2-7-3-9-10(4-8(7)12)16-5-15-9/h2-4H,5H2,1H3,(H,13,14)/b6-2+. The van der Waals surface area contributed by atoms with Crippen LogP contribution < -0.4 is 9.47 Å². The molecule has 1 aromatic rings. The largest absolute Gasteiger partial charge is 0.478 e. The molecule has 0 saturated carbocycles. The normalized spacial score (nSPS) is 14.0. The molecule has 1 aliphatic rings. The lowest BCUT2D eigenvalue weighted by atomic mass is 10.1. The van der Waals surface area contributed by atoms with Crippen LogP contribution in [0, 0.1) is 0 Å². The number of rotatable bonds is 2. The Hall–Kier alpha value is -1.68. The van der Waals surface area contributed by atoms with Crippen molar-refractivity contribution in [3.05, 3.63) is 28.3 Å². The summed E-state index contributed by atoms with van der Waals surface area (Å²) in [6, 6.07) is 3.28. The number of benzene rings is 1. The number of ether oxygens (including phenoxy) is 2. The van der Waals surface area contributed by atoms with Crippen molar-refractivity contribution < 1.29 is 19.4 Å². The molecule has 0 radical (unpaired) electrons. The molecule has 0 unspecified atom stereocenters. The van der Waals surface area contributed by atoms with Crippen molar-refractivity contribution in [1.82, 2.24) is 0 Å². The van der Waals surface area contributed by atoms with Crippen molar-refractivity contribution in [3.8, 4) is 11.5 Å². The average Bonchev–Trinajstić information content (AvgIpc) is 2.65. The molecule has 1 heterocycles. The molecule has 0 fully saturated rings. The molecule has 1 aromatic carbocycles. The van der Waals surface area contributed by atoms with Gasteiger partial charge in [0.05, 0.1) is 5.02 Å². The molecule has 1 aliphatic heterocycles. The van der Waals surface area contributed by atoms with E-state index in [1.165, 1.54) is 13.0 Å². The van der Waals surface area contributed by atoms with Crippen LogP contribution in [0.25, 0.3) is 6.08 Å². The van der Waals surface area contributed by atoms with Crippen molar-refractivity contribution in [2.75, 3.05) is 6.79 Å². The third-order valence-electron chi connectivity index (χ3n) is 2.20. The first-order valence-electron chi connectivity index (χ1n) is 4.58. The Kier molecular flexibility index (Phi) is 2.75. The number of fused-ring (bicyclic) bond motifs is 1. The minimum atomic E-state index is -0.978. The van der Waals surface area contributed by atoms with E-state index in [0.29, 0.717) is 22.1 Å². The Labute approximate surface area is 97.0 Å². The monoisotopic (exact) mass is 240 g/mol. The first-order valence-corrected chi connectivity index (χ1v) is 4.96. The van der Waals surface area contributed by atoms with Gasteiger partial charge in [-0.05, 0) is 24.6 Å². The molecule has 0 amide bonds. The summed E-state index contributed by atoms with van der Waals surface area (Å²) in [7, 11) is 0. The molecular weight excluding hydrogens is 232 g/mol. The topological polar surface area (TPSA) is 55.8 Å². The molecule has 2 rings (SSSR count). The van der Waals surface area contributed by atoms with Gasteiger partial charge in [-0.1, -0.05) is 11.6 Å². The highest BCUT2D eigenvalue weighted by atomic mass is 35.5. The van der Waals surface area contributed by atoms with Crippen LogP contribution in [-0.2, 0) is 4.79 Å². The second-order valence-corrected chi connectivity index (χ2v) is 3.77. The Morgan fingerprint density at radius 3 is 2.69 bits per heavy atom. The number of hydrogen-bond acceptors (Lipinski definition) is 3. The maximum Gasteiger partial charge on any atom is 0.331 e. The van der Waals surface area contributed by atoms with Crippen LogP contribution in [0.3, 0.4) is 0 Å². The Morgan fingerprint density at radius 1 is 1.44 bits per heavy atom. The number of aliphatic carboxylic acids is 1. The van der Waals surface area contributed by atoms with E-state index in [2.05, 4.69) is 0 Å². The van der Waals surface area contributed by atoms with E-state index in [9.17, 15) is 4.79 Å². The van der Waals surface area contributed by atoms with E-state index >= 15 is 0 Å². The zero-order valence-electron chi connectivity index (χ0n) is 8.49. The quantitative estimate of drug-likeness (QED) is 0.808. The van der Waals surface area contributed by atoms with Gasteiger partial charge in [0.1, 0.15) is 0 Å². The summed E-state index contributed by atoms with van der Waals surface area (Å²) in [5.74, 6) is 0.178. The summed E-state index contributed by atoms with van der Waals surface area (Å²) >= 11 is 5.98. The lowest BCUT2D eigenvalue weighted by Gasteiger charge is -2.02. The number of hydrogen-bond donors (Lipinski definition) is 1. The van der Waals surface area contributed by atoms with Crippen molar-refractivity contribution in [2.45, 2.75) is 6.92 Å². The van der Waals surface area contributed by atoms with Gasteiger partial charge >= 0.3 is 5.97 Å². The van der Waals surface area contributed by atoms with Gasteiger partial charge in [0.25, 0.3) is 0 Å². The minimum Gasteiger partial charge on any atom is -0.478 e. The lowest BCUT2D eigenvalue weighted by Crippen LogP contribution is -1.95. The van der Waals surface area contributed by atoms with Crippen LogP contribution >= 0.6 is 11.6 Å². The smallest absolute Gasteiger partial charge is 0.331 e. The van der Waals surface area contributed by atoms with Crippen LogP contribution in [0.15, 0.2) is 17.7 Å². The number of halogens is 1. The second kappa shape index (κ2) is 4.06. The van der Waals surface area contributed by atoms with Crippen LogP contribution in [0.4, 0.5) is 0 Å². The van der Waals surface area contributed by atoms with Crippen molar-refractivity contribution in [1.29, 1.82) is 0 Å². The van der Waals surface area contributed by atoms with Crippen LogP contribution in [0.5, 0.6) is 11.5 Å². The minimum absolute atomic E-state index is 0.163. The van der Waals surface area contributed by atoms with E-state index in [-0.39, 0.29) is 12.4 Å². The summed E-state index contributed by atoms with van der Waals surface area (Å²) in [6.07, 6.45) is 1.49. The van der Waals surface area contributed by atoms with E-state index in [1.807, 2.05) is 0 Å². The summed E-state index contributed by atoms with van der Waals surface area (Å²) in [4.78, 5) is 10.7. The van der Waals surface area contributed by atoms with Gasteiger partial charge in [-0.15, -0.1) is 0 Å². The summed E-state index contributed by atoms with van der Waals surface area (Å²) in [5, 5.41) is 9.20. The molecular formula is C11H9ClO4. The highest BCUT2D eigenvalue weighted by Gasteiger charge is 2.16. The first kappa shape index (κ1) is 10.8. The fraction of sp³-hybridized carbons (Fsp3) is 0.182. The molecule has 0 bridgehead atoms. The third kappa shape index (κ3) is 1.97. The summed E-state index contributed by atoms with van der Waals surface area (Å²) in [5.41, 5.74) is 0.812. The highest BCUT2D eigenvalue weighted by Crippen LogP contribution is 2.37. The molecule has 0 aliphatic carbocycles. The van der Waals surface area contributed by atoms with Gasteiger partial charge in [0.15, 0.2) is 11.5 Å². The molecule has 0 aromatic heterocycles. The van der Waals surface area contributed by atoms with Crippen LogP contribution in [0.2, 0.25) is 5.02 Å². The first-order chi connectivity index (χ1) is 7.58. The predicted molar refractivity (Wildman–Crippen MR) is 58.9 cm³/mol. The van der Waals surface area contributed by atoms with Gasteiger partial charge in [-0.25, -0.2) is 4.79 Å². The second-order valence-electron chi connectivity index (χ2n) is 3.36. The maximum atomic E-state index is 10.7. The van der Waals surface area contributed by atoms with E-state index in [4.69, 9.17) is 26.2 Å². The van der Waals surface area contributed by atoms with Gasteiger partial charge in [-0.3, -0.25) is 0 Å². The van der Waals surface area contributed by atoms with Gasteiger partial charge in [-0.2, -0.15) is 0 Å². The zero-order chi connectivity index (χ0) is 11.7. The predicted octanol–water partition coefficient (Wildman–Crippen LogP) is 2.56. The zero-order valence-corrected chi connectivity index (χ0v) is 9.25. The van der Waals surface area contributed by atoms with E-state index in [1.54, 1.807) is 12.1 Å². The fourth-order valence-corrected chi connectivity index (χ4v) is 1.55. The molecule has 0 spiro atoms. The maximum absolute atomic E-state index is 10.7. The molecule has 84 valence electrons. The molecule has 0 saturated heterocycles. The molecule has 16 heavy (non-hydrogen) atoms. The number of carboxylic acid groups (broad SMARTS) is 1. The molecule has 4 nitrogen and oxygen atoms in total. The molecule has 1 N–H and O–H groups in total. The van der Waals surface area contributed by atoms with Gasteiger partial charge < -0.3 is 14.6 Å². The van der Waals surface area contributed by atoms with Crippen molar-refractivity contribution >= 4 is 23.6 Å². The van der Waals surface area contributed by atoms with E-state index in [0.717, 1.165) is 0 Å². The van der Waals surface area contributed by atoms with Crippen LogP contribution in [0.1, 0.15) is 12.5 Å². The lowest BCUT2D eigenvalue weighted by molar-refractivity contribution is -0.132. The SMILES string of the molecule is C/C(=C\c1cc2c(cc1Cl)OCO2)C(=O)O. The Morgan fingerprint density at radius 2 is 2.06 bits per heavy atom. The van der Waals surface area contributed by atoms with Gasteiger partial charge in [0, 0.05) is 11.6 Å². The Balaban J connectivity index is 2.43. The summed E-state index contributed by atoms with van der Waals surface area (Å²) < 4.78 is 10.3. The molecule has 5 heteroatoms. The number of carbonyl (C=O) groups is 1. The van der Waals surface area contributed by atoms with Crippen LogP contribution in [-0.4, -0.2) is 17.9 Å². The van der Waals surface area contributed by atoms with Crippen molar-refractivity contribution in [3.63, 3.8) is 0 Å². The summed E-state index contributed by atoms with van der Waals surface area (Å²) in [6.45, 7) is 1.67. The number of carboxylic acids is 1. The Bertz CT molecular complexity index is 479.